The van der Waals surface area contributed by atoms with Gasteiger partial charge in [-0.15, -0.1) is 0 Å². The molecule has 0 aliphatic rings. The predicted molar refractivity (Wildman–Crippen MR) is 36.6 cm³/mol. The Balaban J connectivity index is 2.48. The number of hydrogen-bond acceptors (Lipinski definition) is 2. The third-order valence-corrected chi connectivity index (χ3v) is 1.01. The summed E-state index contributed by atoms with van der Waals surface area (Å²) in [5, 5.41) is 0. The van der Waals surface area contributed by atoms with E-state index in [9.17, 15) is 0 Å². The van der Waals surface area contributed by atoms with Gasteiger partial charge in [-0.1, -0.05) is 0 Å². The van der Waals surface area contributed by atoms with Crippen LogP contribution in [0, 0.1) is 0 Å². The SMILES string of the molecule is CC=NCc1ccco1. The zero-order valence-electron chi connectivity index (χ0n) is 5.37. The molecule has 0 saturated carbocycles. The van der Waals surface area contributed by atoms with E-state index < -0.39 is 0 Å². The van der Waals surface area contributed by atoms with Crippen LogP contribution in [0.2, 0.25) is 0 Å². The molecule has 0 radical (unpaired) electrons. The molecule has 0 N–H and O–H groups in total. The second-order valence-electron chi connectivity index (χ2n) is 1.68. The van der Waals surface area contributed by atoms with E-state index in [1.165, 1.54) is 0 Å². The second kappa shape index (κ2) is 3.07. The van der Waals surface area contributed by atoms with Gasteiger partial charge >= 0.3 is 0 Å². The van der Waals surface area contributed by atoms with Crippen LogP contribution in [0.4, 0.5) is 0 Å². The highest BCUT2D eigenvalue weighted by atomic mass is 16.3. The van der Waals surface area contributed by atoms with Gasteiger partial charge in [-0.2, -0.15) is 0 Å². The topological polar surface area (TPSA) is 25.5 Å². The van der Waals surface area contributed by atoms with E-state index in [-0.39, 0.29) is 0 Å². The highest BCUT2D eigenvalue weighted by Crippen LogP contribution is 1.99. The normalized spacial score (nSPS) is 10.8. The summed E-state index contributed by atoms with van der Waals surface area (Å²) in [5.41, 5.74) is 0. The summed E-state index contributed by atoms with van der Waals surface area (Å²) >= 11 is 0. The number of furan rings is 1. The molecule has 0 aromatic carbocycles. The average molecular weight is 123 g/mol. The molecule has 1 aromatic heterocycles. The summed E-state index contributed by atoms with van der Waals surface area (Å²) < 4.78 is 5.02. The maximum absolute atomic E-state index is 5.02. The Morgan fingerprint density at radius 3 is 3.22 bits per heavy atom. The molecule has 48 valence electrons. The van der Waals surface area contributed by atoms with E-state index in [1.807, 2.05) is 19.1 Å². The molecule has 0 amide bonds. The number of rotatable bonds is 2. The van der Waals surface area contributed by atoms with Crippen molar-refractivity contribution in [3.8, 4) is 0 Å². The molecule has 9 heavy (non-hydrogen) atoms. The Hall–Kier alpha value is -1.05. The Labute approximate surface area is 54.2 Å². The summed E-state index contributed by atoms with van der Waals surface area (Å²) in [7, 11) is 0. The third kappa shape index (κ3) is 1.72. The minimum absolute atomic E-state index is 0.656. The van der Waals surface area contributed by atoms with Gasteiger partial charge in [0.25, 0.3) is 0 Å². The maximum Gasteiger partial charge on any atom is 0.125 e. The Morgan fingerprint density at radius 1 is 1.78 bits per heavy atom. The number of nitrogens with zero attached hydrogens (tertiary/aromatic N) is 1. The molecular weight excluding hydrogens is 114 g/mol. The van der Waals surface area contributed by atoms with Gasteiger partial charge in [0.15, 0.2) is 0 Å². The number of aliphatic imine (C=N–C) groups is 1. The van der Waals surface area contributed by atoms with Gasteiger partial charge in [-0.3, -0.25) is 4.99 Å². The van der Waals surface area contributed by atoms with Crippen LogP contribution in [0.25, 0.3) is 0 Å². The Morgan fingerprint density at radius 2 is 2.67 bits per heavy atom. The summed E-state index contributed by atoms with van der Waals surface area (Å²) in [6, 6.07) is 3.77. The molecule has 0 saturated heterocycles. The first kappa shape index (κ1) is 6.08. The van der Waals surface area contributed by atoms with Crippen molar-refractivity contribution in [3.05, 3.63) is 24.2 Å². The van der Waals surface area contributed by atoms with Crippen LogP contribution in [-0.4, -0.2) is 6.21 Å². The molecule has 0 unspecified atom stereocenters. The first-order chi connectivity index (χ1) is 4.43. The van der Waals surface area contributed by atoms with Crippen molar-refractivity contribution in [2.24, 2.45) is 4.99 Å². The molecule has 0 fully saturated rings. The van der Waals surface area contributed by atoms with E-state index in [0.717, 1.165) is 5.76 Å². The lowest BCUT2D eigenvalue weighted by Crippen LogP contribution is -1.73. The smallest absolute Gasteiger partial charge is 0.125 e. The van der Waals surface area contributed by atoms with Crippen LogP contribution >= 0.6 is 0 Å². The molecule has 2 heteroatoms. The van der Waals surface area contributed by atoms with Crippen molar-refractivity contribution in [1.82, 2.24) is 0 Å². The molecule has 1 aromatic rings. The molecule has 0 spiro atoms. The fourth-order valence-corrected chi connectivity index (χ4v) is 0.584. The molecule has 1 rings (SSSR count). The van der Waals surface area contributed by atoms with Crippen LogP contribution in [0.15, 0.2) is 27.8 Å². The van der Waals surface area contributed by atoms with Crippen molar-refractivity contribution in [2.45, 2.75) is 13.5 Å². The summed E-state index contributed by atoms with van der Waals surface area (Å²) in [6.45, 7) is 2.55. The summed E-state index contributed by atoms with van der Waals surface area (Å²) in [6.07, 6.45) is 3.42. The minimum Gasteiger partial charge on any atom is -0.467 e. The van der Waals surface area contributed by atoms with Gasteiger partial charge in [0.2, 0.25) is 0 Å². The predicted octanol–water partition coefficient (Wildman–Crippen LogP) is 1.87. The fourth-order valence-electron chi connectivity index (χ4n) is 0.584. The van der Waals surface area contributed by atoms with Crippen LogP contribution in [0.5, 0.6) is 0 Å². The lowest BCUT2D eigenvalue weighted by atomic mass is 10.5. The van der Waals surface area contributed by atoms with Gasteiger partial charge < -0.3 is 4.42 Å². The van der Waals surface area contributed by atoms with Crippen molar-refractivity contribution in [2.75, 3.05) is 0 Å². The first-order valence-corrected chi connectivity index (χ1v) is 2.90. The Bertz CT molecular complexity index is 177. The van der Waals surface area contributed by atoms with E-state index in [4.69, 9.17) is 4.42 Å². The van der Waals surface area contributed by atoms with E-state index in [2.05, 4.69) is 4.99 Å². The molecule has 2 nitrogen and oxygen atoms in total. The van der Waals surface area contributed by atoms with Crippen molar-refractivity contribution in [3.63, 3.8) is 0 Å². The second-order valence-corrected chi connectivity index (χ2v) is 1.68. The average Bonchev–Trinajstić information content (AvgIpc) is 2.34. The van der Waals surface area contributed by atoms with Gasteiger partial charge in [0.05, 0.1) is 12.8 Å². The standard InChI is InChI=1S/C7H9NO/c1-2-8-6-7-4-3-5-9-7/h2-5H,6H2,1H3. The summed E-state index contributed by atoms with van der Waals surface area (Å²) in [5.74, 6) is 0.910. The van der Waals surface area contributed by atoms with Crippen LogP contribution < -0.4 is 0 Å². The molecular formula is C7H9NO. The largest absolute Gasteiger partial charge is 0.467 e. The van der Waals surface area contributed by atoms with Gasteiger partial charge in [-0.05, 0) is 25.3 Å². The first-order valence-electron chi connectivity index (χ1n) is 2.90. The molecule has 0 atom stereocenters. The van der Waals surface area contributed by atoms with Crippen molar-refractivity contribution in [1.29, 1.82) is 0 Å². The van der Waals surface area contributed by atoms with Gasteiger partial charge in [0, 0.05) is 0 Å². The van der Waals surface area contributed by atoms with E-state index >= 15 is 0 Å². The highest BCUT2D eigenvalue weighted by Gasteiger charge is 1.88. The molecule has 0 aliphatic carbocycles. The van der Waals surface area contributed by atoms with Crippen molar-refractivity contribution >= 4 is 6.21 Å². The fraction of sp³-hybridized carbons (Fsp3) is 0.286. The number of hydrogen-bond donors (Lipinski definition) is 0. The summed E-state index contributed by atoms with van der Waals surface area (Å²) in [4.78, 5) is 4.00. The van der Waals surface area contributed by atoms with E-state index in [0.29, 0.717) is 6.54 Å². The van der Waals surface area contributed by atoms with Gasteiger partial charge in [0.1, 0.15) is 5.76 Å². The lowest BCUT2D eigenvalue weighted by Gasteiger charge is -1.84. The molecule has 1 heterocycles. The third-order valence-electron chi connectivity index (χ3n) is 1.01. The zero-order valence-corrected chi connectivity index (χ0v) is 5.37. The van der Waals surface area contributed by atoms with Crippen LogP contribution in [0.3, 0.4) is 0 Å². The Kier molecular flexibility index (Phi) is 2.07. The zero-order chi connectivity index (χ0) is 6.53. The quantitative estimate of drug-likeness (QED) is 0.551. The minimum atomic E-state index is 0.656. The van der Waals surface area contributed by atoms with E-state index in [1.54, 1.807) is 12.5 Å². The monoisotopic (exact) mass is 123 g/mol. The molecule has 0 aliphatic heterocycles. The van der Waals surface area contributed by atoms with Crippen LogP contribution in [-0.2, 0) is 6.54 Å². The maximum atomic E-state index is 5.02. The highest BCUT2D eigenvalue weighted by molar-refractivity contribution is 5.53. The molecule has 0 bridgehead atoms. The lowest BCUT2D eigenvalue weighted by molar-refractivity contribution is 0.513. The van der Waals surface area contributed by atoms with Crippen LogP contribution in [0.1, 0.15) is 12.7 Å². The van der Waals surface area contributed by atoms with Crippen molar-refractivity contribution < 1.29 is 4.42 Å². The van der Waals surface area contributed by atoms with Gasteiger partial charge in [-0.25, -0.2) is 0 Å².